The molecule has 7 aliphatic carbocycles. The van der Waals surface area contributed by atoms with Crippen LogP contribution >= 0.6 is 0 Å². The maximum Gasteiger partial charge on any atom is 0.157 e. The smallest absolute Gasteiger partial charge is 0.157 e. The van der Waals surface area contributed by atoms with E-state index in [1.165, 1.54) is 212 Å². The summed E-state index contributed by atoms with van der Waals surface area (Å²) < 4.78 is 50.2. The van der Waals surface area contributed by atoms with Crippen LogP contribution < -0.4 is 0 Å². The highest BCUT2D eigenvalue weighted by Crippen LogP contribution is 2.58. The Morgan fingerprint density at radius 1 is 0.300 bits per heavy atom. The minimum absolute atomic E-state index is 0.0295. The Balaban J connectivity index is 0.739. The van der Waals surface area contributed by atoms with Crippen LogP contribution in [-0.2, 0) is 37.9 Å². The van der Waals surface area contributed by atoms with E-state index in [1.54, 1.807) is 0 Å². The van der Waals surface area contributed by atoms with Gasteiger partial charge in [-0.2, -0.15) is 0 Å². The third-order valence-electron chi connectivity index (χ3n) is 25.1. The van der Waals surface area contributed by atoms with Crippen molar-refractivity contribution in [3.8, 4) is 0 Å². The van der Waals surface area contributed by atoms with E-state index in [1.807, 2.05) is 0 Å². The molecule has 0 radical (unpaired) electrons. The molecule has 10 nitrogen and oxygen atoms in total. The lowest BCUT2D eigenvalue weighted by Crippen LogP contribution is -2.56. The van der Waals surface area contributed by atoms with E-state index in [0.29, 0.717) is 76.9 Å². The molecule has 16 atom stereocenters. The summed E-state index contributed by atoms with van der Waals surface area (Å²) in [6.45, 7) is 17.3. The lowest BCUT2D eigenvalue weighted by molar-refractivity contribution is -0.175. The standard InChI is InChI=1S/C70H122N2O8/c1-50-42-62(28-20-54(50)46-77-66-16-6-12-38-73-66)71(63-29-21-55(51(2)43-63)47-78-67-17-7-13-39-74-67)60-32-24-58(25-33-60)70(36-10-5-11-37-70)59-26-34-61(35-27-59)72(64-30-22-56(52(3)44-64)48-79-68-18-8-14-40-75-68)65-31-23-57(53(4)45-65)49-80-69-19-9-15-41-76-69/h50-69H,5-49H2,1-4H3. The monoisotopic (exact) mass is 1120 g/mol. The molecule has 0 aromatic carbocycles. The molecule has 4 saturated heterocycles. The molecular formula is C70H122N2O8. The first kappa shape index (κ1) is 61.3. The van der Waals surface area contributed by atoms with Crippen molar-refractivity contribution in [2.24, 2.45) is 64.6 Å². The summed E-state index contributed by atoms with van der Waals surface area (Å²) in [5, 5.41) is 0. The number of ether oxygens (including phenoxy) is 8. The third kappa shape index (κ3) is 15.8. The van der Waals surface area contributed by atoms with Gasteiger partial charge in [-0.25, -0.2) is 0 Å². The molecular weight excluding hydrogens is 997 g/mol. The van der Waals surface area contributed by atoms with Crippen molar-refractivity contribution in [1.82, 2.24) is 9.80 Å². The summed E-state index contributed by atoms with van der Waals surface area (Å²) in [7, 11) is 0. The van der Waals surface area contributed by atoms with Crippen molar-refractivity contribution in [2.45, 2.75) is 327 Å². The van der Waals surface area contributed by atoms with Gasteiger partial charge in [0.2, 0.25) is 0 Å². The van der Waals surface area contributed by atoms with E-state index in [4.69, 9.17) is 37.9 Å². The lowest BCUT2D eigenvalue weighted by Gasteiger charge is -2.57. The Bertz CT molecular complexity index is 1530. The molecule has 0 spiro atoms. The van der Waals surface area contributed by atoms with Crippen LogP contribution in [0.4, 0.5) is 0 Å². The fraction of sp³-hybridized carbons (Fsp3) is 1.00. The molecule has 80 heavy (non-hydrogen) atoms. The van der Waals surface area contributed by atoms with Crippen LogP contribution in [0.1, 0.15) is 265 Å². The Morgan fingerprint density at radius 3 is 0.825 bits per heavy atom. The number of rotatable bonds is 20. The molecule has 7 saturated carbocycles. The second-order valence-corrected chi connectivity index (χ2v) is 30.0. The number of hydrogen-bond acceptors (Lipinski definition) is 10. The van der Waals surface area contributed by atoms with Gasteiger partial charge < -0.3 is 37.9 Å². The van der Waals surface area contributed by atoms with Crippen LogP contribution in [0.25, 0.3) is 0 Å². The predicted octanol–water partition coefficient (Wildman–Crippen LogP) is 16.1. The quantitative estimate of drug-likeness (QED) is 0.118. The van der Waals surface area contributed by atoms with Gasteiger partial charge in [-0.3, -0.25) is 9.80 Å². The van der Waals surface area contributed by atoms with Gasteiger partial charge in [0.25, 0.3) is 0 Å². The lowest BCUT2D eigenvalue weighted by atomic mass is 9.53. The van der Waals surface area contributed by atoms with E-state index in [9.17, 15) is 0 Å². The normalized spacial score (nSPS) is 43.7. The second-order valence-electron chi connectivity index (χ2n) is 30.0. The maximum atomic E-state index is 6.50. The van der Waals surface area contributed by atoms with Gasteiger partial charge in [-0.15, -0.1) is 0 Å². The number of hydrogen-bond donors (Lipinski definition) is 0. The molecule has 4 heterocycles. The SMILES string of the molecule is CC1CC(N(C2CCC(C3(C4CCC(N(C5CCC(COC6CCCCO6)C(C)C5)C5CCC(COC6CCCCO6)C(C)C5)CC4)CCCCC3)CC2)C2CCC(COC3CCCCO3)C(C)C2)CCC1COC1CCCCO1. The maximum absolute atomic E-state index is 6.50. The highest BCUT2D eigenvalue weighted by molar-refractivity contribution is 5.03. The van der Waals surface area contributed by atoms with E-state index in [-0.39, 0.29) is 25.2 Å². The van der Waals surface area contributed by atoms with Gasteiger partial charge in [-0.05, 0) is 283 Å². The molecule has 11 aliphatic rings. The molecule has 0 bridgehead atoms. The van der Waals surface area contributed by atoms with Crippen molar-refractivity contribution < 1.29 is 37.9 Å². The molecule has 0 aromatic rings. The molecule has 0 N–H and O–H groups in total. The van der Waals surface area contributed by atoms with Gasteiger partial charge in [0.05, 0.1) is 26.4 Å². The summed E-state index contributed by atoms with van der Waals surface area (Å²) >= 11 is 0. The van der Waals surface area contributed by atoms with Crippen LogP contribution in [0, 0.1) is 64.6 Å². The van der Waals surface area contributed by atoms with Gasteiger partial charge in [-0.1, -0.05) is 47.0 Å². The van der Waals surface area contributed by atoms with Crippen molar-refractivity contribution in [3.05, 3.63) is 0 Å². The average molecular weight is 1120 g/mol. The zero-order valence-corrected chi connectivity index (χ0v) is 52.0. The molecule has 0 amide bonds. The first-order chi connectivity index (χ1) is 39.3. The molecule has 10 heteroatoms. The van der Waals surface area contributed by atoms with E-state index in [0.717, 1.165) is 102 Å². The average Bonchev–Trinajstić information content (AvgIpc) is 3.53. The third-order valence-corrected chi connectivity index (χ3v) is 25.1. The number of nitrogens with zero attached hydrogens (tertiary/aromatic N) is 2. The summed E-state index contributed by atoms with van der Waals surface area (Å²) in [6.07, 6.45) is 49.2. The van der Waals surface area contributed by atoms with Crippen molar-refractivity contribution in [3.63, 3.8) is 0 Å². The highest BCUT2D eigenvalue weighted by atomic mass is 16.7. The Hall–Kier alpha value is -0.400. The van der Waals surface area contributed by atoms with Crippen LogP contribution in [0.15, 0.2) is 0 Å². The summed E-state index contributed by atoms with van der Waals surface area (Å²) in [5.41, 5.74) is 0.566. The first-order valence-corrected chi connectivity index (χ1v) is 35.7. The molecule has 4 aliphatic heterocycles. The predicted molar refractivity (Wildman–Crippen MR) is 320 cm³/mol. The molecule has 0 aromatic heterocycles. The summed E-state index contributed by atoms with van der Waals surface area (Å²) in [4.78, 5) is 6.52. The topological polar surface area (TPSA) is 80.3 Å². The Labute approximate surface area is 489 Å². The zero-order valence-electron chi connectivity index (χ0n) is 52.0. The summed E-state index contributed by atoms with van der Waals surface area (Å²) in [6, 6.07) is 4.32. The van der Waals surface area contributed by atoms with Crippen LogP contribution in [0.3, 0.4) is 0 Å². The van der Waals surface area contributed by atoms with Crippen LogP contribution in [0.2, 0.25) is 0 Å². The van der Waals surface area contributed by atoms with Crippen molar-refractivity contribution >= 4 is 0 Å². The minimum Gasteiger partial charge on any atom is -0.353 e. The first-order valence-electron chi connectivity index (χ1n) is 35.7. The van der Waals surface area contributed by atoms with E-state index >= 15 is 0 Å². The van der Waals surface area contributed by atoms with Crippen LogP contribution in [0.5, 0.6) is 0 Å². The fourth-order valence-corrected chi connectivity index (χ4v) is 20.1. The Morgan fingerprint density at radius 2 is 0.575 bits per heavy atom. The Kier molecular flexibility index (Phi) is 23.3. The van der Waals surface area contributed by atoms with Gasteiger partial charge in [0.1, 0.15) is 0 Å². The minimum atomic E-state index is 0.0295. The largest absolute Gasteiger partial charge is 0.353 e. The molecule has 11 fully saturated rings. The van der Waals surface area contributed by atoms with E-state index in [2.05, 4.69) is 37.5 Å². The zero-order chi connectivity index (χ0) is 54.7. The fourth-order valence-electron chi connectivity index (χ4n) is 20.1. The van der Waals surface area contributed by atoms with Gasteiger partial charge in [0, 0.05) is 62.7 Å². The van der Waals surface area contributed by atoms with Crippen molar-refractivity contribution in [2.75, 3.05) is 52.9 Å². The highest BCUT2D eigenvalue weighted by Gasteiger charge is 2.51. The van der Waals surface area contributed by atoms with E-state index < -0.39 is 0 Å². The molecule has 16 unspecified atom stereocenters. The van der Waals surface area contributed by atoms with Gasteiger partial charge in [0.15, 0.2) is 25.2 Å². The van der Waals surface area contributed by atoms with Crippen molar-refractivity contribution in [1.29, 1.82) is 0 Å². The molecule has 460 valence electrons. The second kappa shape index (κ2) is 30.5. The molecule has 11 rings (SSSR count). The van der Waals surface area contributed by atoms with Gasteiger partial charge >= 0.3 is 0 Å². The van der Waals surface area contributed by atoms with Crippen LogP contribution in [-0.4, -0.2) is 124 Å². The summed E-state index contributed by atoms with van der Waals surface area (Å²) in [5.74, 6) is 7.26.